The summed E-state index contributed by atoms with van der Waals surface area (Å²) in [5.74, 6) is -2.37. The summed E-state index contributed by atoms with van der Waals surface area (Å²) in [6.45, 7) is 3.88. The van der Waals surface area contributed by atoms with Crippen molar-refractivity contribution >= 4 is 29.1 Å². The Hall–Kier alpha value is -3.34. The van der Waals surface area contributed by atoms with Gasteiger partial charge in [-0.3, -0.25) is 9.78 Å². The van der Waals surface area contributed by atoms with Crippen LogP contribution >= 0.6 is 23.2 Å². The summed E-state index contributed by atoms with van der Waals surface area (Å²) < 4.78 is 66.3. The highest BCUT2D eigenvalue weighted by Gasteiger charge is 2.49. The summed E-state index contributed by atoms with van der Waals surface area (Å²) in [5.41, 5.74) is 0.856. The fourth-order valence-corrected chi connectivity index (χ4v) is 6.27. The molecule has 1 atom stereocenters. The Balaban J connectivity index is 1.26. The molecule has 6 nitrogen and oxygen atoms in total. The van der Waals surface area contributed by atoms with Crippen LogP contribution < -0.4 is 5.32 Å². The number of benzene rings is 2. The number of alkyl halides is 3. The van der Waals surface area contributed by atoms with Gasteiger partial charge in [0.25, 0.3) is 11.7 Å². The molecule has 0 bridgehead atoms. The first-order valence-electron chi connectivity index (χ1n) is 13.8. The van der Waals surface area contributed by atoms with E-state index in [1.54, 1.807) is 0 Å². The van der Waals surface area contributed by atoms with E-state index >= 15 is 0 Å². The van der Waals surface area contributed by atoms with Crippen molar-refractivity contribution < 1.29 is 31.8 Å². The van der Waals surface area contributed by atoms with Crippen molar-refractivity contribution in [1.29, 1.82) is 0 Å². The third-order valence-corrected chi connectivity index (χ3v) is 8.61. The van der Waals surface area contributed by atoms with Gasteiger partial charge in [-0.1, -0.05) is 41.4 Å². The number of rotatable bonds is 8. The van der Waals surface area contributed by atoms with Gasteiger partial charge >= 0.3 is 6.18 Å². The van der Waals surface area contributed by atoms with E-state index in [9.17, 15) is 22.4 Å². The summed E-state index contributed by atoms with van der Waals surface area (Å²) in [6, 6.07) is 9.03. The SMILES string of the molecule is CC(CCNC(=O)c1c(Cl)cncc1Cl)N1CCC(C2(c3cc(F)ccc3-c3ccc(C(F)(F)F)cc3)OC=CO2)CC1. The second-order valence-electron chi connectivity index (χ2n) is 10.6. The smallest absolute Gasteiger partial charge is 0.416 e. The summed E-state index contributed by atoms with van der Waals surface area (Å²) in [5, 5.41) is 3.22. The quantitative estimate of drug-likeness (QED) is 0.255. The molecule has 2 aromatic carbocycles. The molecule has 228 valence electrons. The van der Waals surface area contributed by atoms with Gasteiger partial charge in [-0.05, 0) is 74.7 Å². The number of hydrogen-bond acceptors (Lipinski definition) is 5. The predicted octanol–water partition coefficient (Wildman–Crippen LogP) is 7.80. The van der Waals surface area contributed by atoms with Crippen LogP contribution in [0.3, 0.4) is 0 Å². The Morgan fingerprint density at radius 3 is 2.30 bits per heavy atom. The largest absolute Gasteiger partial charge is 0.452 e. The first-order valence-corrected chi connectivity index (χ1v) is 14.5. The Bertz CT molecular complexity index is 1460. The molecule has 1 unspecified atom stereocenters. The number of nitrogens with one attached hydrogen (secondary N) is 1. The molecule has 0 aliphatic carbocycles. The van der Waals surface area contributed by atoms with Crippen LogP contribution in [0.5, 0.6) is 0 Å². The van der Waals surface area contributed by atoms with Crippen molar-refractivity contribution in [2.24, 2.45) is 5.92 Å². The Kier molecular flexibility index (Phi) is 9.20. The second-order valence-corrected chi connectivity index (χ2v) is 11.4. The zero-order valence-corrected chi connectivity index (χ0v) is 24.6. The van der Waals surface area contributed by atoms with Gasteiger partial charge in [0.05, 0.1) is 21.2 Å². The number of hydrogen-bond donors (Lipinski definition) is 1. The first-order chi connectivity index (χ1) is 20.5. The van der Waals surface area contributed by atoms with E-state index in [0.717, 1.165) is 12.1 Å². The van der Waals surface area contributed by atoms with Crippen LogP contribution in [0.1, 0.15) is 47.7 Å². The van der Waals surface area contributed by atoms with Gasteiger partial charge in [0.1, 0.15) is 18.3 Å². The average Bonchev–Trinajstić information content (AvgIpc) is 3.48. The Morgan fingerprint density at radius 1 is 1.07 bits per heavy atom. The molecule has 12 heteroatoms. The van der Waals surface area contributed by atoms with Gasteiger partial charge in [-0.15, -0.1) is 0 Å². The molecule has 43 heavy (non-hydrogen) atoms. The number of amides is 1. The highest BCUT2D eigenvalue weighted by Crippen LogP contribution is 2.47. The van der Waals surface area contributed by atoms with Crippen molar-refractivity contribution in [3.8, 4) is 11.1 Å². The lowest BCUT2D eigenvalue weighted by molar-refractivity contribution is -0.201. The lowest BCUT2D eigenvalue weighted by Crippen LogP contribution is -2.47. The standard InChI is InChI=1S/C31H29Cl2F4N3O3/c1-19(8-11-39-29(41)28-26(32)17-38-18-27(28)33)40-12-9-21(10-13-40)30(42-14-15-43-30)25-16-23(34)6-7-24(25)20-2-4-22(5-3-20)31(35,36)37/h2-7,14-19,21H,8-13H2,1H3,(H,39,41). The summed E-state index contributed by atoms with van der Waals surface area (Å²) in [4.78, 5) is 18.7. The predicted molar refractivity (Wildman–Crippen MR) is 155 cm³/mol. The van der Waals surface area contributed by atoms with Crippen molar-refractivity contribution in [2.45, 2.75) is 44.2 Å². The lowest BCUT2D eigenvalue weighted by atomic mass is 9.80. The van der Waals surface area contributed by atoms with Gasteiger partial charge in [-0.2, -0.15) is 13.2 Å². The van der Waals surface area contributed by atoms with Gasteiger partial charge in [0, 0.05) is 36.5 Å². The number of carbonyl (C=O) groups excluding carboxylic acids is 1. The number of pyridine rings is 1. The Morgan fingerprint density at radius 2 is 1.70 bits per heavy atom. The molecular weight excluding hydrogens is 609 g/mol. The maximum atomic E-state index is 14.6. The van der Waals surface area contributed by atoms with Crippen molar-refractivity contribution in [3.63, 3.8) is 0 Å². The van der Waals surface area contributed by atoms with Gasteiger partial charge in [-0.25, -0.2) is 4.39 Å². The summed E-state index contributed by atoms with van der Waals surface area (Å²) >= 11 is 12.2. The molecule has 0 radical (unpaired) electrons. The van der Waals surface area contributed by atoms with E-state index in [1.165, 1.54) is 55.2 Å². The lowest BCUT2D eigenvalue weighted by Gasteiger charge is -2.43. The molecule has 1 N–H and O–H groups in total. The highest BCUT2D eigenvalue weighted by atomic mass is 35.5. The maximum absolute atomic E-state index is 14.6. The van der Waals surface area contributed by atoms with Crippen LogP contribution in [0.25, 0.3) is 11.1 Å². The van der Waals surface area contributed by atoms with Crippen LogP contribution in [0, 0.1) is 11.7 Å². The van der Waals surface area contributed by atoms with Gasteiger partial charge < -0.3 is 19.7 Å². The van der Waals surface area contributed by atoms with E-state index in [1.807, 2.05) is 0 Å². The fraction of sp³-hybridized carbons (Fsp3) is 0.355. The van der Waals surface area contributed by atoms with Crippen molar-refractivity contribution in [2.75, 3.05) is 19.6 Å². The fourth-order valence-electron chi connectivity index (χ4n) is 5.73. The van der Waals surface area contributed by atoms with Crippen LogP contribution in [-0.4, -0.2) is 41.5 Å². The normalized spacial score (nSPS) is 17.7. The highest BCUT2D eigenvalue weighted by molar-refractivity contribution is 6.39. The minimum Gasteiger partial charge on any atom is -0.452 e. The number of nitrogens with zero attached hydrogens (tertiary/aromatic N) is 2. The van der Waals surface area contributed by atoms with E-state index in [0.29, 0.717) is 55.6 Å². The third kappa shape index (κ3) is 6.61. The van der Waals surface area contributed by atoms with E-state index in [2.05, 4.69) is 22.1 Å². The summed E-state index contributed by atoms with van der Waals surface area (Å²) in [7, 11) is 0. The molecule has 3 heterocycles. The number of carbonyl (C=O) groups is 1. The van der Waals surface area contributed by atoms with Crippen molar-refractivity contribution in [3.05, 3.63) is 99.9 Å². The van der Waals surface area contributed by atoms with E-state index in [-0.39, 0.29) is 33.5 Å². The molecule has 5 rings (SSSR count). The average molecular weight is 638 g/mol. The molecule has 3 aromatic rings. The van der Waals surface area contributed by atoms with Crippen molar-refractivity contribution in [1.82, 2.24) is 15.2 Å². The van der Waals surface area contributed by atoms with Crippen LogP contribution in [0.4, 0.5) is 17.6 Å². The second kappa shape index (κ2) is 12.7. The van der Waals surface area contributed by atoms with E-state index in [4.69, 9.17) is 32.7 Å². The molecule has 1 fully saturated rings. The molecule has 0 saturated carbocycles. The monoisotopic (exact) mass is 637 g/mol. The van der Waals surface area contributed by atoms with E-state index < -0.39 is 23.3 Å². The molecule has 1 amide bonds. The number of piperidine rings is 1. The number of ether oxygens (including phenoxy) is 2. The molecule has 1 aromatic heterocycles. The minimum atomic E-state index is -4.47. The molecular formula is C31H29Cl2F4N3O3. The Labute approximate surface area is 256 Å². The zero-order valence-electron chi connectivity index (χ0n) is 23.1. The maximum Gasteiger partial charge on any atom is 0.416 e. The molecule has 2 aliphatic rings. The molecule has 2 aliphatic heterocycles. The third-order valence-electron chi connectivity index (χ3n) is 8.04. The van der Waals surface area contributed by atoms with Crippen LogP contribution in [-0.2, 0) is 21.4 Å². The molecule has 1 saturated heterocycles. The minimum absolute atomic E-state index is 0.140. The summed E-state index contributed by atoms with van der Waals surface area (Å²) in [6.07, 6.45) is 3.09. The number of halogens is 6. The van der Waals surface area contributed by atoms with Gasteiger partial charge in [0.2, 0.25) is 0 Å². The number of likely N-dealkylation sites (tertiary alicyclic amines) is 1. The number of aromatic nitrogens is 1. The first kappa shape index (κ1) is 31.1. The topological polar surface area (TPSA) is 63.7 Å². The van der Waals surface area contributed by atoms with Gasteiger partial charge in [0.15, 0.2) is 0 Å². The van der Waals surface area contributed by atoms with Crippen LogP contribution in [0.2, 0.25) is 10.0 Å². The zero-order chi connectivity index (χ0) is 30.8. The molecule has 0 spiro atoms. The van der Waals surface area contributed by atoms with Crippen LogP contribution in [0.15, 0.2) is 67.4 Å².